The summed E-state index contributed by atoms with van der Waals surface area (Å²) in [5, 5.41) is 3.29. The highest BCUT2D eigenvalue weighted by molar-refractivity contribution is 5.54. The normalized spacial score (nSPS) is 14.2. The van der Waals surface area contributed by atoms with Crippen LogP contribution in [0.5, 0.6) is 0 Å². The summed E-state index contributed by atoms with van der Waals surface area (Å²) >= 11 is 0. The van der Waals surface area contributed by atoms with Gasteiger partial charge in [0.2, 0.25) is 0 Å². The molecule has 1 atom stereocenters. The molecule has 0 radical (unpaired) electrons. The van der Waals surface area contributed by atoms with E-state index in [0.717, 1.165) is 6.42 Å². The zero-order chi connectivity index (χ0) is 12.9. The first-order valence-corrected chi connectivity index (χ1v) is 6.16. The van der Waals surface area contributed by atoms with E-state index in [1.807, 2.05) is 20.0 Å². The molecule has 1 rings (SSSR count). The van der Waals surface area contributed by atoms with Crippen molar-refractivity contribution in [1.29, 1.82) is 0 Å². The summed E-state index contributed by atoms with van der Waals surface area (Å²) in [5.41, 5.74) is 8.51. The van der Waals surface area contributed by atoms with E-state index < -0.39 is 0 Å². The third-order valence-electron chi connectivity index (χ3n) is 3.09. The highest BCUT2D eigenvalue weighted by atomic mass is 14.9. The van der Waals surface area contributed by atoms with E-state index in [1.165, 1.54) is 11.1 Å². The molecule has 0 spiro atoms. The lowest BCUT2D eigenvalue weighted by atomic mass is 9.98. The highest BCUT2D eigenvalue weighted by Crippen LogP contribution is 2.18. The molecule has 17 heavy (non-hydrogen) atoms. The first-order valence-electron chi connectivity index (χ1n) is 6.16. The van der Waals surface area contributed by atoms with Gasteiger partial charge in [0.25, 0.3) is 0 Å². The number of benzene rings is 1. The second-order valence-corrected chi connectivity index (χ2v) is 5.16. The second kappa shape index (κ2) is 5.99. The predicted octanol–water partition coefficient (Wildman–Crippen LogP) is 3.11. The Morgan fingerprint density at radius 3 is 2.59 bits per heavy atom. The molecule has 0 saturated heterocycles. The number of hydrogen-bond acceptors (Lipinski definition) is 2. The Morgan fingerprint density at radius 2 is 2.00 bits per heavy atom. The summed E-state index contributed by atoms with van der Waals surface area (Å²) in [4.78, 5) is 0. The molecule has 0 heterocycles. The molecule has 2 heteroatoms. The molecular weight excluding hydrogens is 208 g/mol. The fourth-order valence-electron chi connectivity index (χ4n) is 1.66. The molecule has 2 nitrogen and oxygen atoms in total. The van der Waals surface area contributed by atoms with Crippen molar-refractivity contribution in [1.82, 2.24) is 5.32 Å². The van der Waals surface area contributed by atoms with E-state index >= 15 is 0 Å². The topological polar surface area (TPSA) is 38.0 Å². The van der Waals surface area contributed by atoms with Gasteiger partial charge < -0.3 is 11.1 Å². The zero-order valence-electron chi connectivity index (χ0n) is 11.3. The maximum Gasteiger partial charge on any atom is 0.0272 e. The van der Waals surface area contributed by atoms with Gasteiger partial charge in [-0.05, 0) is 45.4 Å². The Morgan fingerprint density at radius 1 is 1.35 bits per heavy atom. The second-order valence-electron chi connectivity index (χ2n) is 5.16. The van der Waals surface area contributed by atoms with Crippen LogP contribution < -0.4 is 11.1 Å². The molecule has 0 saturated carbocycles. The molecule has 3 N–H and O–H groups in total. The maximum atomic E-state index is 5.95. The number of hydrogen-bond donors (Lipinski definition) is 2. The van der Waals surface area contributed by atoms with Crippen molar-refractivity contribution < 1.29 is 0 Å². The molecule has 0 bridgehead atoms. The third kappa shape index (κ3) is 4.33. The lowest BCUT2D eigenvalue weighted by Crippen LogP contribution is -2.35. The SMILES string of the molecule is CNC(C)(C)C/C=C/c1ccccc1C(C)N. The molecule has 0 amide bonds. The summed E-state index contributed by atoms with van der Waals surface area (Å²) in [7, 11) is 1.99. The van der Waals surface area contributed by atoms with Crippen LogP contribution >= 0.6 is 0 Å². The van der Waals surface area contributed by atoms with E-state index in [-0.39, 0.29) is 11.6 Å². The Bertz CT molecular complexity index is 378. The van der Waals surface area contributed by atoms with Crippen LogP contribution in [-0.2, 0) is 0 Å². The predicted molar refractivity (Wildman–Crippen MR) is 75.8 cm³/mol. The van der Waals surface area contributed by atoms with Gasteiger partial charge >= 0.3 is 0 Å². The van der Waals surface area contributed by atoms with Crippen LogP contribution in [0.2, 0.25) is 0 Å². The fraction of sp³-hybridized carbons (Fsp3) is 0.467. The van der Waals surface area contributed by atoms with Crippen molar-refractivity contribution in [2.45, 2.75) is 38.8 Å². The summed E-state index contributed by atoms with van der Waals surface area (Å²) in [5.74, 6) is 0. The molecule has 0 aliphatic carbocycles. The van der Waals surface area contributed by atoms with E-state index in [9.17, 15) is 0 Å². The lowest BCUT2D eigenvalue weighted by Gasteiger charge is -2.21. The summed E-state index contributed by atoms with van der Waals surface area (Å²) in [6.45, 7) is 6.40. The van der Waals surface area contributed by atoms with Crippen LogP contribution in [0.25, 0.3) is 6.08 Å². The quantitative estimate of drug-likeness (QED) is 0.818. The lowest BCUT2D eigenvalue weighted by molar-refractivity contribution is 0.430. The average molecular weight is 232 g/mol. The summed E-state index contributed by atoms with van der Waals surface area (Å²) < 4.78 is 0. The van der Waals surface area contributed by atoms with Gasteiger partial charge in [0.1, 0.15) is 0 Å². The van der Waals surface area contributed by atoms with Crippen LogP contribution in [0.4, 0.5) is 0 Å². The minimum Gasteiger partial charge on any atom is -0.324 e. The van der Waals surface area contributed by atoms with E-state index in [2.05, 4.69) is 49.5 Å². The van der Waals surface area contributed by atoms with E-state index in [0.29, 0.717) is 0 Å². The van der Waals surface area contributed by atoms with Gasteiger partial charge in [-0.25, -0.2) is 0 Å². The van der Waals surface area contributed by atoms with Gasteiger partial charge in [0.15, 0.2) is 0 Å². The molecular formula is C15H24N2. The van der Waals surface area contributed by atoms with Crippen molar-refractivity contribution >= 4 is 6.08 Å². The molecule has 0 aliphatic heterocycles. The zero-order valence-corrected chi connectivity index (χ0v) is 11.3. The van der Waals surface area contributed by atoms with Gasteiger partial charge in [-0.3, -0.25) is 0 Å². The van der Waals surface area contributed by atoms with Crippen molar-refractivity contribution in [2.24, 2.45) is 5.73 Å². The van der Waals surface area contributed by atoms with E-state index in [4.69, 9.17) is 5.73 Å². The Hall–Kier alpha value is -1.12. The van der Waals surface area contributed by atoms with Crippen molar-refractivity contribution in [3.05, 3.63) is 41.5 Å². The monoisotopic (exact) mass is 232 g/mol. The van der Waals surface area contributed by atoms with Gasteiger partial charge in [-0.15, -0.1) is 0 Å². The van der Waals surface area contributed by atoms with E-state index in [1.54, 1.807) is 0 Å². The number of nitrogens with two attached hydrogens (primary N) is 1. The van der Waals surface area contributed by atoms with Crippen LogP contribution in [-0.4, -0.2) is 12.6 Å². The molecule has 1 aromatic rings. The standard InChI is InChI=1S/C15H24N2/c1-12(16)14-10-6-5-8-13(14)9-7-11-15(2,3)17-4/h5-10,12,17H,11,16H2,1-4H3/b9-7+. The van der Waals surface area contributed by atoms with Crippen molar-refractivity contribution in [3.63, 3.8) is 0 Å². The van der Waals surface area contributed by atoms with Crippen LogP contribution in [0, 0.1) is 0 Å². The molecule has 1 unspecified atom stereocenters. The minimum absolute atomic E-state index is 0.0770. The first kappa shape index (κ1) is 13.9. The average Bonchev–Trinajstić information content (AvgIpc) is 2.29. The van der Waals surface area contributed by atoms with Crippen molar-refractivity contribution in [3.8, 4) is 0 Å². The third-order valence-corrected chi connectivity index (χ3v) is 3.09. The maximum absolute atomic E-state index is 5.95. The number of rotatable bonds is 5. The smallest absolute Gasteiger partial charge is 0.0272 e. The molecule has 94 valence electrons. The molecule has 0 fully saturated rings. The number of nitrogens with one attached hydrogen (secondary N) is 1. The van der Waals surface area contributed by atoms with Gasteiger partial charge in [0, 0.05) is 11.6 Å². The molecule has 1 aromatic carbocycles. The highest BCUT2D eigenvalue weighted by Gasteiger charge is 2.11. The molecule has 0 aliphatic rings. The van der Waals surface area contributed by atoms with Crippen LogP contribution in [0.1, 0.15) is 44.4 Å². The van der Waals surface area contributed by atoms with Crippen molar-refractivity contribution in [2.75, 3.05) is 7.05 Å². The summed E-state index contributed by atoms with van der Waals surface area (Å²) in [6.07, 6.45) is 5.37. The first-order chi connectivity index (χ1) is 7.96. The fourth-order valence-corrected chi connectivity index (χ4v) is 1.66. The van der Waals surface area contributed by atoms with Gasteiger partial charge in [-0.2, -0.15) is 0 Å². The summed E-state index contributed by atoms with van der Waals surface area (Å²) in [6, 6.07) is 8.37. The van der Waals surface area contributed by atoms with Gasteiger partial charge in [0.05, 0.1) is 0 Å². The van der Waals surface area contributed by atoms with Gasteiger partial charge in [-0.1, -0.05) is 36.4 Å². The minimum atomic E-state index is 0.0770. The Labute approximate surface area is 105 Å². The van der Waals surface area contributed by atoms with Crippen LogP contribution in [0.3, 0.4) is 0 Å². The Balaban J connectivity index is 2.78. The largest absolute Gasteiger partial charge is 0.324 e. The Kier molecular flexibility index (Phi) is 4.91. The molecule has 0 aromatic heterocycles. The van der Waals surface area contributed by atoms with Crippen LogP contribution in [0.15, 0.2) is 30.3 Å².